The fourth-order valence-electron chi connectivity index (χ4n) is 4.11. The summed E-state index contributed by atoms with van der Waals surface area (Å²) in [4.78, 5) is 9.98. The summed E-state index contributed by atoms with van der Waals surface area (Å²) in [5, 5.41) is 13.2. The van der Waals surface area contributed by atoms with Gasteiger partial charge >= 0.3 is 6.01 Å². The monoisotopic (exact) mass is 361 g/mol. The van der Waals surface area contributed by atoms with E-state index in [-0.39, 0.29) is 6.04 Å². The summed E-state index contributed by atoms with van der Waals surface area (Å²) in [6, 6.07) is 6.87. The molecule has 8 heteroatoms. The Balaban J connectivity index is 1.52. The largest absolute Gasteiger partial charge is 0.408 e. The fourth-order valence-corrected chi connectivity index (χ4v) is 4.11. The zero-order valence-corrected chi connectivity index (χ0v) is 15.0. The van der Waals surface area contributed by atoms with Crippen molar-refractivity contribution in [2.45, 2.75) is 38.1 Å². The number of pyridine rings is 1. The maximum Gasteiger partial charge on any atom is 0.319 e. The van der Waals surface area contributed by atoms with Crippen molar-refractivity contribution in [3.63, 3.8) is 0 Å². The van der Waals surface area contributed by atoms with Crippen molar-refractivity contribution < 1.29 is 4.42 Å². The van der Waals surface area contributed by atoms with Crippen LogP contribution in [0.5, 0.6) is 0 Å². The van der Waals surface area contributed by atoms with Crippen LogP contribution in [0.3, 0.4) is 0 Å². The van der Waals surface area contributed by atoms with Crippen LogP contribution in [-0.2, 0) is 6.42 Å². The number of anilines is 1. The van der Waals surface area contributed by atoms with Gasteiger partial charge in [0.05, 0.1) is 23.2 Å². The Morgan fingerprint density at radius 3 is 3.00 bits per heavy atom. The molecule has 0 amide bonds. The van der Waals surface area contributed by atoms with Gasteiger partial charge in [-0.25, -0.2) is 9.50 Å². The van der Waals surface area contributed by atoms with E-state index in [1.165, 1.54) is 23.9 Å². The summed E-state index contributed by atoms with van der Waals surface area (Å²) in [6.07, 6.45) is 7.15. The van der Waals surface area contributed by atoms with E-state index in [2.05, 4.69) is 43.3 Å². The summed E-state index contributed by atoms with van der Waals surface area (Å²) in [5.41, 5.74) is 5.64. The zero-order valence-electron chi connectivity index (χ0n) is 15.0. The van der Waals surface area contributed by atoms with Crippen LogP contribution >= 0.6 is 0 Å². The van der Waals surface area contributed by atoms with Crippen molar-refractivity contribution in [3.05, 3.63) is 59.3 Å². The molecular weight excluding hydrogens is 342 g/mol. The minimum atomic E-state index is -0.146. The molecule has 136 valence electrons. The Labute approximate surface area is 155 Å². The van der Waals surface area contributed by atoms with Crippen molar-refractivity contribution in [1.29, 1.82) is 0 Å². The Kier molecular flexibility index (Phi) is 3.00. The van der Waals surface area contributed by atoms with Gasteiger partial charge in [-0.1, -0.05) is 11.2 Å². The number of aryl methyl sites for hydroxylation is 1. The predicted molar refractivity (Wildman–Crippen MR) is 97.7 cm³/mol. The lowest BCUT2D eigenvalue weighted by atomic mass is 10.00. The van der Waals surface area contributed by atoms with Gasteiger partial charge in [-0.05, 0) is 36.5 Å². The molecule has 0 saturated heterocycles. The molecule has 1 N–H and O–H groups in total. The third kappa shape index (κ3) is 2.29. The van der Waals surface area contributed by atoms with Crippen LogP contribution in [0.1, 0.15) is 53.3 Å². The number of hydrogen-bond acceptors (Lipinski definition) is 6. The summed E-state index contributed by atoms with van der Waals surface area (Å²) in [5.74, 6) is 1.22. The second-order valence-corrected chi connectivity index (χ2v) is 7.35. The van der Waals surface area contributed by atoms with Gasteiger partial charge in [0.15, 0.2) is 0 Å². The van der Waals surface area contributed by atoms with E-state index >= 15 is 0 Å². The highest BCUT2D eigenvalue weighted by Gasteiger charge is 2.36. The van der Waals surface area contributed by atoms with Gasteiger partial charge in [0.1, 0.15) is 6.04 Å². The van der Waals surface area contributed by atoms with Crippen molar-refractivity contribution in [2.24, 2.45) is 0 Å². The lowest BCUT2D eigenvalue weighted by Crippen LogP contribution is -2.36. The van der Waals surface area contributed by atoms with Crippen LogP contribution in [0.2, 0.25) is 0 Å². The van der Waals surface area contributed by atoms with Crippen molar-refractivity contribution in [2.75, 3.05) is 11.4 Å². The van der Waals surface area contributed by atoms with Crippen LogP contribution < -0.4 is 4.90 Å². The van der Waals surface area contributed by atoms with Crippen LogP contribution in [0.15, 0.2) is 35.1 Å². The van der Waals surface area contributed by atoms with Gasteiger partial charge in [-0.15, -0.1) is 5.10 Å². The van der Waals surface area contributed by atoms with Gasteiger partial charge < -0.3 is 14.3 Å². The van der Waals surface area contributed by atoms with E-state index in [4.69, 9.17) is 9.52 Å². The third-order valence-corrected chi connectivity index (χ3v) is 5.54. The second kappa shape index (κ2) is 5.42. The van der Waals surface area contributed by atoms with E-state index < -0.39 is 0 Å². The molecule has 1 saturated carbocycles. The predicted octanol–water partition coefficient (Wildman–Crippen LogP) is 2.78. The first kappa shape index (κ1) is 15.0. The van der Waals surface area contributed by atoms with Gasteiger partial charge in [-0.2, -0.15) is 5.10 Å². The fraction of sp³-hybridized carbons (Fsp3) is 0.368. The van der Waals surface area contributed by atoms with Crippen LogP contribution in [-0.4, -0.2) is 36.3 Å². The third-order valence-electron chi connectivity index (χ3n) is 5.54. The molecule has 5 heterocycles. The first-order valence-electron chi connectivity index (χ1n) is 9.35. The van der Waals surface area contributed by atoms with Crippen LogP contribution in [0.4, 0.5) is 6.01 Å². The van der Waals surface area contributed by atoms with Crippen LogP contribution in [0.25, 0.3) is 5.52 Å². The number of aromatic nitrogens is 6. The summed E-state index contributed by atoms with van der Waals surface area (Å²) in [6.45, 7) is 2.58. The molecular formula is C19H19N7O. The Morgan fingerprint density at radius 2 is 2.19 bits per heavy atom. The second-order valence-electron chi connectivity index (χ2n) is 7.35. The lowest BCUT2D eigenvalue weighted by Gasteiger charge is -2.32. The van der Waals surface area contributed by atoms with E-state index in [0.29, 0.717) is 17.8 Å². The molecule has 1 aliphatic heterocycles. The maximum atomic E-state index is 5.74. The SMILES string of the molecule is Cc1nnc(N2CCc3[nH]cnc3[C@H]2c2cc3c(C4CC4)cccn3n2)o1. The molecule has 0 aromatic carbocycles. The average Bonchev–Trinajstić information content (AvgIpc) is 3.07. The van der Waals surface area contributed by atoms with Gasteiger partial charge in [0.2, 0.25) is 5.89 Å². The molecule has 2 aliphatic rings. The molecule has 0 unspecified atom stereocenters. The number of imidazole rings is 1. The molecule has 0 radical (unpaired) electrons. The average molecular weight is 361 g/mol. The molecule has 1 aliphatic carbocycles. The quantitative estimate of drug-likeness (QED) is 0.604. The van der Waals surface area contributed by atoms with E-state index in [1.54, 1.807) is 6.33 Å². The minimum absolute atomic E-state index is 0.146. The number of nitrogens with zero attached hydrogens (tertiary/aromatic N) is 6. The highest BCUT2D eigenvalue weighted by atomic mass is 16.4. The Hall–Kier alpha value is -3.16. The van der Waals surface area contributed by atoms with Crippen molar-refractivity contribution in [3.8, 4) is 0 Å². The highest BCUT2D eigenvalue weighted by Crippen LogP contribution is 2.43. The Bertz CT molecular complexity index is 1140. The maximum absolute atomic E-state index is 5.74. The molecule has 1 fully saturated rings. The molecule has 1 atom stereocenters. The van der Waals surface area contributed by atoms with Crippen LogP contribution in [0, 0.1) is 6.92 Å². The summed E-state index contributed by atoms with van der Waals surface area (Å²) >= 11 is 0. The van der Waals surface area contributed by atoms with E-state index in [9.17, 15) is 0 Å². The van der Waals surface area contributed by atoms with Crippen molar-refractivity contribution >= 4 is 11.5 Å². The summed E-state index contributed by atoms with van der Waals surface area (Å²) < 4.78 is 7.73. The number of nitrogens with one attached hydrogen (secondary N) is 1. The first-order valence-corrected chi connectivity index (χ1v) is 9.35. The molecule has 27 heavy (non-hydrogen) atoms. The number of aromatic amines is 1. The topological polar surface area (TPSA) is 88.1 Å². The number of fused-ring (bicyclic) bond motifs is 2. The normalized spacial score (nSPS) is 19.6. The standard InChI is InChI=1S/C19H19N7O/c1-11-22-23-19(27-11)25-8-6-14-17(21-10-20-14)18(25)15-9-16-13(12-4-5-12)3-2-7-26(16)24-15/h2-3,7,9-10,12,18H,4-6,8H2,1H3,(H,20,21)/t18-/m1/s1. The molecule has 4 aromatic rings. The first-order chi connectivity index (χ1) is 13.3. The van der Waals surface area contributed by atoms with Crippen molar-refractivity contribution in [1.82, 2.24) is 29.8 Å². The molecule has 0 spiro atoms. The van der Waals surface area contributed by atoms with Gasteiger partial charge in [0, 0.05) is 31.8 Å². The van der Waals surface area contributed by atoms with Gasteiger partial charge in [0.25, 0.3) is 0 Å². The lowest BCUT2D eigenvalue weighted by molar-refractivity contribution is 0.477. The number of hydrogen-bond donors (Lipinski definition) is 1. The minimum Gasteiger partial charge on any atom is -0.408 e. The molecule has 6 rings (SSSR count). The molecule has 4 aromatic heterocycles. The van der Waals surface area contributed by atoms with E-state index in [0.717, 1.165) is 30.0 Å². The van der Waals surface area contributed by atoms with E-state index in [1.807, 2.05) is 17.6 Å². The Morgan fingerprint density at radius 1 is 1.26 bits per heavy atom. The number of H-pyrrole nitrogens is 1. The molecule has 8 nitrogen and oxygen atoms in total. The van der Waals surface area contributed by atoms with Gasteiger partial charge in [-0.3, -0.25) is 0 Å². The zero-order chi connectivity index (χ0) is 18.0. The summed E-state index contributed by atoms with van der Waals surface area (Å²) in [7, 11) is 0. The number of rotatable bonds is 3. The molecule has 0 bridgehead atoms. The smallest absolute Gasteiger partial charge is 0.319 e. The highest BCUT2D eigenvalue weighted by molar-refractivity contribution is 5.59.